The third-order valence-electron chi connectivity index (χ3n) is 4.99. The summed E-state index contributed by atoms with van der Waals surface area (Å²) >= 11 is 1.70. The van der Waals surface area contributed by atoms with Gasteiger partial charge in [0.25, 0.3) is 0 Å². The van der Waals surface area contributed by atoms with Crippen LogP contribution in [0.1, 0.15) is 41.6 Å². The second-order valence-corrected chi connectivity index (χ2v) is 8.27. The largest absolute Gasteiger partial charge is 0.487 e. The van der Waals surface area contributed by atoms with E-state index in [-0.39, 0.29) is 0 Å². The summed E-state index contributed by atoms with van der Waals surface area (Å²) in [4.78, 5) is 4.28. The summed E-state index contributed by atoms with van der Waals surface area (Å²) in [5.41, 5.74) is 2.13. The van der Waals surface area contributed by atoms with Gasteiger partial charge >= 0.3 is 0 Å². The van der Waals surface area contributed by atoms with Crippen LogP contribution in [0, 0.1) is 0 Å². The lowest BCUT2D eigenvalue weighted by Crippen LogP contribution is -2.05. The van der Waals surface area contributed by atoms with E-state index >= 15 is 0 Å². The first-order chi connectivity index (χ1) is 14.8. The first-order valence-electron chi connectivity index (χ1n) is 10.0. The monoisotopic (exact) mass is 418 g/mol. The van der Waals surface area contributed by atoms with Gasteiger partial charge in [-0.25, -0.2) is 0 Å². The van der Waals surface area contributed by atoms with E-state index in [2.05, 4.69) is 31.9 Å². The van der Waals surface area contributed by atoms with E-state index in [9.17, 15) is 0 Å². The fourth-order valence-electron chi connectivity index (χ4n) is 3.23. The molecular formula is C23H22N4O2S. The second kappa shape index (κ2) is 8.75. The van der Waals surface area contributed by atoms with Crippen LogP contribution in [0.5, 0.6) is 5.75 Å². The number of ether oxygens (including phenoxy) is 1. The summed E-state index contributed by atoms with van der Waals surface area (Å²) in [5, 5.41) is 9.85. The Morgan fingerprint density at radius 1 is 1.03 bits per heavy atom. The molecular weight excluding hydrogens is 396 g/mol. The summed E-state index contributed by atoms with van der Waals surface area (Å²) in [5.74, 6) is 4.20. The highest BCUT2D eigenvalue weighted by atomic mass is 32.2. The van der Waals surface area contributed by atoms with Gasteiger partial charge < -0.3 is 9.15 Å². The van der Waals surface area contributed by atoms with Gasteiger partial charge in [-0.1, -0.05) is 30.0 Å². The number of rotatable bonds is 9. The van der Waals surface area contributed by atoms with E-state index in [4.69, 9.17) is 9.15 Å². The van der Waals surface area contributed by atoms with Crippen LogP contribution < -0.4 is 4.74 Å². The molecule has 0 aliphatic heterocycles. The standard InChI is InChI=1S/C23H22N4O2S/c1-2-12-24-19(4-1)15-29-20-10-6-17(7-11-20)16-30-23-26-25-22(18-8-9-18)27(23)14-21-5-3-13-28-21/h1-7,10-13,18H,8-9,14-16H2. The molecule has 0 amide bonds. The van der Waals surface area contributed by atoms with Crippen molar-refractivity contribution in [2.45, 2.75) is 42.8 Å². The molecule has 3 aromatic heterocycles. The Hall–Kier alpha value is -3.06. The van der Waals surface area contributed by atoms with Crippen LogP contribution in [0.3, 0.4) is 0 Å². The fraction of sp³-hybridized carbons (Fsp3) is 0.261. The van der Waals surface area contributed by atoms with Gasteiger partial charge in [0.05, 0.1) is 18.5 Å². The topological polar surface area (TPSA) is 66.0 Å². The number of hydrogen-bond donors (Lipinski definition) is 0. The van der Waals surface area contributed by atoms with Crippen molar-refractivity contribution in [1.29, 1.82) is 0 Å². The minimum Gasteiger partial charge on any atom is -0.487 e. The average Bonchev–Trinajstić information content (AvgIpc) is 3.35. The zero-order chi connectivity index (χ0) is 20.2. The number of hydrogen-bond acceptors (Lipinski definition) is 6. The molecule has 7 heteroatoms. The van der Waals surface area contributed by atoms with Gasteiger partial charge in [-0.3, -0.25) is 9.55 Å². The third kappa shape index (κ3) is 4.57. The maximum atomic E-state index is 5.82. The zero-order valence-corrected chi connectivity index (χ0v) is 17.3. The molecule has 1 fully saturated rings. The number of furan rings is 1. The summed E-state index contributed by atoms with van der Waals surface area (Å²) in [7, 11) is 0. The molecule has 1 saturated carbocycles. The predicted octanol–water partition coefficient (Wildman–Crippen LogP) is 5.06. The highest BCUT2D eigenvalue weighted by Crippen LogP contribution is 2.40. The molecule has 152 valence electrons. The Kier molecular flexibility index (Phi) is 5.52. The van der Waals surface area contributed by atoms with E-state index in [1.807, 2.05) is 42.5 Å². The van der Waals surface area contributed by atoms with E-state index in [0.717, 1.165) is 33.9 Å². The van der Waals surface area contributed by atoms with Gasteiger partial charge in [0.15, 0.2) is 5.16 Å². The molecule has 0 atom stereocenters. The third-order valence-corrected chi connectivity index (χ3v) is 6.02. The van der Waals surface area contributed by atoms with Crippen LogP contribution in [-0.2, 0) is 18.9 Å². The quantitative estimate of drug-likeness (QED) is 0.354. The van der Waals surface area contributed by atoms with E-state index in [1.54, 1.807) is 24.2 Å². The minimum atomic E-state index is 0.467. The van der Waals surface area contributed by atoms with Crippen LogP contribution in [0.25, 0.3) is 0 Å². The first-order valence-corrected chi connectivity index (χ1v) is 11.0. The van der Waals surface area contributed by atoms with E-state index in [0.29, 0.717) is 19.1 Å². The van der Waals surface area contributed by atoms with Gasteiger partial charge in [-0.15, -0.1) is 10.2 Å². The minimum absolute atomic E-state index is 0.467. The molecule has 0 radical (unpaired) electrons. The Labute approximate surface area is 179 Å². The van der Waals surface area contributed by atoms with Gasteiger partial charge in [0.2, 0.25) is 0 Å². The normalized spacial score (nSPS) is 13.5. The lowest BCUT2D eigenvalue weighted by Gasteiger charge is -2.09. The first kappa shape index (κ1) is 18.9. The van der Waals surface area contributed by atoms with Crippen molar-refractivity contribution in [1.82, 2.24) is 19.7 Å². The summed E-state index contributed by atoms with van der Waals surface area (Å²) in [6.45, 7) is 1.14. The van der Waals surface area contributed by atoms with Crippen molar-refractivity contribution in [3.63, 3.8) is 0 Å². The van der Waals surface area contributed by atoms with E-state index < -0.39 is 0 Å². The van der Waals surface area contributed by atoms with Crippen molar-refractivity contribution in [3.05, 3.63) is 89.9 Å². The molecule has 6 nitrogen and oxygen atoms in total. The molecule has 4 aromatic rings. The molecule has 0 spiro atoms. The van der Waals surface area contributed by atoms with Crippen molar-refractivity contribution in [3.8, 4) is 5.75 Å². The summed E-state index contributed by atoms with van der Waals surface area (Å²) < 4.78 is 13.6. The van der Waals surface area contributed by atoms with Crippen LogP contribution in [0.4, 0.5) is 0 Å². The fourth-order valence-corrected chi connectivity index (χ4v) is 4.13. The van der Waals surface area contributed by atoms with Crippen LogP contribution in [0.2, 0.25) is 0 Å². The van der Waals surface area contributed by atoms with Crippen molar-refractivity contribution in [2.24, 2.45) is 0 Å². The SMILES string of the molecule is c1ccc(COc2ccc(CSc3nnc(C4CC4)n3Cc3ccco3)cc2)nc1. The molecule has 30 heavy (non-hydrogen) atoms. The molecule has 1 aliphatic carbocycles. The van der Waals surface area contributed by atoms with E-state index in [1.165, 1.54) is 18.4 Å². The van der Waals surface area contributed by atoms with Crippen LogP contribution in [-0.4, -0.2) is 19.7 Å². The maximum absolute atomic E-state index is 5.82. The molecule has 5 rings (SSSR count). The number of pyridine rings is 1. The Balaban J connectivity index is 1.22. The number of nitrogens with zero attached hydrogens (tertiary/aromatic N) is 4. The molecule has 1 aliphatic rings. The van der Waals surface area contributed by atoms with Gasteiger partial charge in [0, 0.05) is 17.9 Å². The zero-order valence-electron chi connectivity index (χ0n) is 16.5. The van der Waals surface area contributed by atoms with Crippen molar-refractivity contribution in [2.75, 3.05) is 0 Å². The maximum Gasteiger partial charge on any atom is 0.191 e. The van der Waals surface area contributed by atoms with Gasteiger partial charge in [-0.05, 0) is 54.8 Å². The molecule has 0 saturated heterocycles. The molecule has 0 unspecified atom stereocenters. The van der Waals surface area contributed by atoms with Crippen LogP contribution >= 0.6 is 11.8 Å². The lowest BCUT2D eigenvalue weighted by molar-refractivity contribution is 0.301. The summed E-state index contributed by atoms with van der Waals surface area (Å²) in [6, 6.07) is 17.9. The average molecular weight is 419 g/mol. The Morgan fingerprint density at radius 3 is 2.67 bits per heavy atom. The van der Waals surface area contributed by atoms with Crippen LogP contribution in [0.15, 0.2) is 76.6 Å². The van der Waals surface area contributed by atoms with Crippen molar-refractivity contribution >= 4 is 11.8 Å². The highest BCUT2D eigenvalue weighted by Gasteiger charge is 2.30. The summed E-state index contributed by atoms with van der Waals surface area (Å²) in [6.07, 6.45) is 5.88. The van der Waals surface area contributed by atoms with Gasteiger partial charge in [0.1, 0.15) is 23.9 Å². The smallest absolute Gasteiger partial charge is 0.191 e. The predicted molar refractivity (Wildman–Crippen MR) is 114 cm³/mol. The molecule has 3 heterocycles. The second-order valence-electron chi connectivity index (χ2n) is 7.32. The molecule has 0 N–H and O–H groups in total. The lowest BCUT2D eigenvalue weighted by atomic mass is 10.2. The number of thioether (sulfide) groups is 1. The Morgan fingerprint density at radius 2 is 1.93 bits per heavy atom. The molecule has 0 bridgehead atoms. The Bertz CT molecular complexity index is 1070. The van der Waals surface area contributed by atoms with Gasteiger partial charge in [-0.2, -0.15) is 0 Å². The number of aromatic nitrogens is 4. The molecule has 1 aromatic carbocycles. The van der Waals surface area contributed by atoms with Crippen molar-refractivity contribution < 1.29 is 9.15 Å². The highest BCUT2D eigenvalue weighted by molar-refractivity contribution is 7.98. The number of benzene rings is 1.